The van der Waals surface area contributed by atoms with E-state index in [0.29, 0.717) is 18.6 Å². The number of ether oxygens (including phenoxy) is 1. The smallest absolute Gasteiger partial charge is 0.459 e. The van der Waals surface area contributed by atoms with Crippen molar-refractivity contribution in [3.63, 3.8) is 0 Å². The number of carbonyl (C=O) groups excluding carboxylic acids is 1. The van der Waals surface area contributed by atoms with Crippen LogP contribution in [0.25, 0.3) is 0 Å². The fraction of sp³-hybridized carbons (Fsp3) is 0.536. The second kappa shape index (κ2) is 16.6. The Bertz CT molecular complexity index is 957. The summed E-state index contributed by atoms with van der Waals surface area (Å²) in [6, 6.07) is 16.9. The second-order valence-electron chi connectivity index (χ2n) is 9.44. The number of aryl methyl sites for hydroxylation is 2. The molecule has 0 heterocycles. The summed E-state index contributed by atoms with van der Waals surface area (Å²) in [6.45, 7) is 1.25. The summed E-state index contributed by atoms with van der Waals surface area (Å²) in [7, 11) is -2.75. The zero-order chi connectivity index (χ0) is 27.0. The summed E-state index contributed by atoms with van der Waals surface area (Å²) < 4.78 is 29.1. The maximum absolute atomic E-state index is 13.3. The van der Waals surface area contributed by atoms with Crippen molar-refractivity contribution in [2.24, 2.45) is 5.73 Å². The highest BCUT2D eigenvalue weighted by molar-refractivity contribution is 7.52. The highest BCUT2D eigenvalue weighted by Gasteiger charge is 2.33. The lowest BCUT2D eigenvalue weighted by Crippen LogP contribution is -2.48. The van der Waals surface area contributed by atoms with Crippen LogP contribution in [0.2, 0.25) is 0 Å². The maximum Gasteiger partial charge on any atom is 0.459 e. The normalized spacial score (nSPS) is 14.5. The molecule has 2 rings (SSSR count). The van der Waals surface area contributed by atoms with Crippen molar-refractivity contribution >= 4 is 13.7 Å². The average Bonchev–Trinajstić information content (AvgIpc) is 2.92. The van der Waals surface area contributed by atoms with Gasteiger partial charge in [0.25, 0.3) is 0 Å². The standard InChI is InChI=1S/C28H43N2O6P/c1-3-4-5-6-7-9-12-24-15-17-25(18-16-24)19-20-28(29,22-31)23-35-37(33,30-21-27(32)34-2)36-26-13-10-8-11-14-26/h8,10-11,13-18,31H,3-7,9,12,19-23,29H2,1-2H3,(H,30,33). The zero-order valence-electron chi connectivity index (χ0n) is 22.2. The Hall–Kier alpha value is -2.22. The minimum Gasteiger partial charge on any atom is -0.468 e. The SMILES string of the molecule is CCCCCCCCc1ccc(CCC(N)(CO)COP(=O)(NCC(=O)OC)Oc2ccccc2)cc1. The van der Waals surface area contributed by atoms with Crippen LogP contribution in [0.15, 0.2) is 54.6 Å². The van der Waals surface area contributed by atoms with Gasteiger partial charge in [0.05, 0.1) is 25.9 Å². The predicted molar refractivity (Wildman–Crippen MR) is 146 cm³/mol. The van der Waals surface area contributed by atoms with Gasteiger partial charge in [-0.2, -0.15) is 0 Å². The lowest BCUT2D eigenvalue weighted by molar-refractivity contribution is -0.139. The third-order valence-electron chi connectivity index (χ3n) is 6.20. The number of nitrogens with two attached hydrogens (primary N) is 1. The van der Waals surface area contributed by atoms with E-state index in [-0.39, 0.29) is 19.8 Å². The van der Waals surface area contributed by atoms with Gasteiger partial charge in [-0.1, -0.05) is 81.5 Å². The van der Waals surface area contributed by atoms with Crippen LogP contribution in [0.3, 0.4) is 0 Å². The van der Waals surface area contributed by atoms with Crippen LogP contribution in [0.5, 0.6) is 5.75 Å². The molecule has 9 heteroatoms. The summed E-state index contributed by atoms with van der Waals surface area (Å²) in [5.74, 6) is -0.322. The van der Waals surface area contributed by atoms with Gasteiger partial charge in [0, 0.05) is 0 Å². The lowest BCUT2D eigenvalue weighted by Gasteiger charge is -2.29. The van der Waals surface area contributed by atoms with Crippen LogP contribution in [-0.4, -0.2) is 43.5 Å². The molecule has 8 nitrogen and oxygen atoms in total. The number of methoxy groups -OCH3 is 1. The largest absolute Gasteiger partial charge is 0.468 e. The quantitative estimate of drug-likeness (QED) is 0.128. The Kier molecular flexibility index (Phi) is 13.9. The van der Waals surface area contributed by atoms with Crippen LogP contribution in [-0.2, 0) is 31.5 Å². The summed E-state index contributed by atoms with van der Waals surface area (Å²) in [5.41, 5.74) is 7.67. The van der Waals surface area contributed by atoms with Crippen LogP contribution in [0, 0.1) is 0 Å². The van der Waals surface area contributed by atoms with Crippen molar-refractivity contribution < 1.29 is 28.3 Å². The van der Waals surface area contributed by atoms with Gasteiger partial charge < -0.3 is 20.1 Å². The number of esters is 1. The number of unbranched alkanes of at least 4 members (excludes halogenated alkanes) is 5. The molecule has 0 aliphatic carbocycles. The Labute approximate surface area is 221 Å². The van der Waals surface area contributed by atoms with Gasteiger partial charge >= 0.3 is 13.7 Å². The first-order valence-corrected chi connectivity index (χ1v) is 14.6. The van der Waals surface area contributed by atoms with E-state index in [0.717, 1.165) is 12.0 Å². The maximum atomic E-state index is 13.3. The van der Waals surface area contributed by atoms with Gasteiger partial charge in [-0.3, -0.25) is 9.32 Å². The van der Waals surface area contributed by atoms with Crippen molar-refractivity contribution in [3.8, 4) is 5.75 Å². The van der Waals surface area contributed by atoms with Crippen molar-refractivity contribution in [1.82, 2.24) is 5.09 Å². The van der Waals surface area contributed by atoms with E-state index >= 15 is 0 Å². The number of nitrogens with one attached hydrogen (secondary N) is 1. The number of benzene rings is 2. The van der Waals surface area contributed by atoms with Crippen molar-refractivity contribution in [2.45, 2.75) is 70.3 Å². The molecule has 0 radical (unpaired) electrons. The predicted octanol–water partition coefficient (Wildman–Crippen LogP) is 5.18. The van der Waals surface area contributed by atoms with Gasteiger partial charge in [-0.25, -0.2) is 9.65 Å². The molecule has 0 spiro atoms. The number of hydrogen-bond acceptors (Lipinski definition) is 7. The molecule has 0 aromatic heterocycles. The summed E-state index contributed by atoms with van der Waals surface area (Å²) in [4.78, 5) is 11.6. The highest BCUT2D eigenvalue weighted by atomic mass is 31.2. The van der Waals surface area contributed by atoms with Crippen molar-refractivity contribution in [1.29, 1.82) is 0 Å². The van der Waals surface area contributed by atoms with Crippen molar-refractivity contribution in [3.05, 3.63) is 65.7 Å². The van der Waals surface area contributed by atoms with Gasteiger partial charge in [0.15, 0.2) is 0 Å². The average molecular weight is 535 g/mol. The highest BCUT2D eigenvalue weighted by Crippen LogP contribution is 2.44. The Morgan fingerprint density at radius 1 is 0.973 bits per heavy atom. The molecular formula is C28H43N2O6P. The topological polar surface area (TPSA) is 120 Å². The van der Waals surface area contributed by atoms with Gasteiger partial charge in [0.2, 0.25) is 0 Å². The van der Waals surface area contributed by atoms with E-state index in [4.69, 9.17) is 14.8 Å². The molecule has 0 aliphatic heterocycles. The molecule has 4 N–H and O–H groups in total. The molecular weight excluding hydrogens is 491 g/mol. The molecule has 2 aromatic carbocycles. The van der Waals surface area contributed by atoms with E-state index in [9.17, 15) is 14.5 Å². The monoisotopic (exact) mass is 534 g/mol. The van der Waals surface area contributed by atoms with Crippen LogP contribution >= 0.6 is 7.75 Å². The number of carbonyl (C=O) groups is 1. The fourth-order valence-electron chi connectivity index (χ4n) is 3.74. The molecule has 0 bridgehead atoms. The van der Waals surface area contributed by atoms with Crippen LogP contribution in [0.4, 0.5) is 0 Å². The first kappa shape index (κ1) is 31.0. The van der Waals surface area contributed by atoms with E-state index in [1.54, 1.807) is 30.3 Å². The fourth-order valence-corrected chi connectivity index (χ4v) is 5.10. The summed E-state index contributed by atoms with van der Waals surface area (Å²) >= 11 is 0. The molecule has 0 amide bonds. The second-order valence-corrected chi connectivity index (χ2v) is 11.2. The van der Waals surface area contributed by atoms with E-state index in [1.807, 2.05) is 0 Å². The van der Waals surface area contributed by atoms with E-state index < -0.39 is 19.3 Å². The van der Waals surface area contributed by atoms with Gasteiger partial charge in [0.1, 0.15) is 12.3 Å². The molecule has 0 aliphatic rings. The number of para-hydroxylation sites is 1. The molecule has 2 atom stereocenters. The molecule has 0 saturated carbocycles. The van der Waals surface area contributed by atoms with Gasteiger partial charge in [-0.05, 0) is 48.9 Å². The lowest BCUT2D eigenvalue weighted by atomic mass is 9.93. The van der Waals surface area contributed by atoms with Gasteiger partial charge in [-0.15, -0.1) is 0 Å². The number of hydrogen-bond donors (Lipinski definition) is 3. The Morgan fingerprint density at radius 3 is 2.22 bits per heavy atom. The third kappa shape index (κ3) is 12.2. The number of aliphatic hydroxyl groups is 1. The molecule has 2 aromatic rings. The van der Waals surface area contributed by atoms with Crippen LogP contribution < -0.4 is 15.3 Å². The third-order valence-corrected chi connectivity index (χ3v) is 7.67. The minimum atomic E-state index is -3.98. The molecule has 0 fully saturated rings. The first-order chi connectivity index (χ1) is 17.8. The van der Waals surface area contributed by atoms with E-state index in [2.05, 4.69) is 41.0 Å². The molecule has 206 valence electrons. The first-order valence-electron chi connectivity index (χ1n) is 13.1. The van der Waals surface area contributed by atoms with E-state index in [1.165, 1.54) is 51.2 Å². The Morgan fingerprint density at radius 2 is 1.59 bits per heavy atom. The summed E-state index contributed by atoms with van der Waals surface area (Å²) in [5, 5.41) is 12.5. The minimum absolute atomic E-state index is 0.238. The zero-order valence-corrected chi connectivity index (χ0v) is 23.1. The summed E-state index contributed by atoms with van der Waals surface area (Å²) in [6.07, 6.45) is 9.77. The molecule has 0 saturated heterocycles. The van der Waals surface area contributed by atoms with Crippen molar-refractivity contribution in [2.75, 3.05) is 26.9 Å². The Balaban J connectivity index is 1.90. The number of aliphatic hydroxyl groups excluding tert-OH is 1. The molecule has 2 unspecified atom stereocenters. The molecule has 37 heavy (non-hydrogen) atoms. The number of rotatable bonds is 19. The van der Waals surface area contributed by atoms with Crippen LogP contribution in [0.1, 0.15) is 63.0 Å².